The molecule has 0 atom stereocenters. The van der Waals surface area contributed by atoms with E-state index in [2.05, 4.69) is 20.8 Å². The summed E-state index contributed by atoms with van der Waals surface area (Å²) >= 11 is 1.79. The molecule has 3 heteroatoms. The second kappa shape index (κ2) is 5.17. The zero-order valence-corrected chi connectivity index (χ0v) is 12.3. The van der Waals surface area contributed by atoms with Crippen molar-refractivity contribution in [2.24, 2.45) is 5.41 Å². The minimum Gasteiger partial charge on any atom is -0.496 e. The van der Waals surface area contributed by atoms with Gasteiger partial charge in [-0.15, -0.1) is 0 Å². The van der Waals surface area contributed by atoms with Gasteiger partial charge in [-0.05, 0) is 29.5 Å². The van der Waals surface area contributed by atoms with E-state index in [1.165, 1.54) is 5.56 Å². The van der Waals surface area contributed by atoms with Gasteiger partial charge >= 0.3 is 0 Å². The molecule has 0 heterocycles. The summed E-state index contributed by atoms with van der Waals surface area (Å²) in [7, 11) is 1.59. The molecule has 1 aromatic rings. The molecule has 0 unspecified atom stereocenters. The lowest BCUT2D eigenvalue weighted by Gasteiger charge is -2.18. The van der Waals surface area contributed by atoms with Gasteiger partial charge in [-0.3, -0.25) is 4.79 Å². The van der Waals surface area contributed by atoms with Gasteiger partial charge in [-0.25, -0.2) is 0 Å². The van der Waals surface area contributed by atoms with Crippen LogP contribution in [-0.2, 0) is 6.42 Å². The molecule has 0 bridgehead atoms. The first-order valence-corrected chi connectivity index (χ1v) is 6.28. The van der Waals surface area contributed by atoms with Crippen LogP contribution in [0.15, 0.2) is 18.2 Å². The number of methoxy groups -OCH3 is 1. The maximum atomic E-state index is 11.4. The van der Waals surface area contributed by atoms with Gasteiger partial charge in [0.2, 0.25) is 3.79 Å². The van der Waals surface area contributed by atoms with Gasteiger partial charge in [0, 0.05) is 22.6 Å². The quantitative estimate of drug-likeness (QED) is 0.621. The van der Waals surface area contributed by atoms with E-state index < -0.39 is 0 Å². The van der Waals surface area contributed by atoms with Crippen molar-refractivity contribution in [2.75, 3.05) is 7.11 Å². The average molecular weight is 332 g/mol. The van der Waals surface area contributed by atoms with E-state index >= 15 is 0 Å². The molecule has 0 fully saturated rings. The van der Waals surface area contributed by atoms with E-state index in [1.54, 1.807) is 29.7 Å². The highest BCUT2D eigenvalue weighted by atomic mass is 127. The van der Waals surface area contributed by atoms with Crippen LogP contribution < -0.4 is 4.74 Å². The molecule has 0 aliphatic rings. The summed E-state index contributed by atoms with van der Waals surface area (Å²) < 4.78 is 5.18. The first kappa shape index (κ1) is 13.5. The summed E-state index contributed by atoms with van der Waals surface area (Å²) in [5, 5.41) is 0. The van der Waals surface area contributed by atoms with Crippen molar-refractivity contribution in [3.63, 3.8) is 0 Å². The van der Waals surface area contributed by atoms with Gasteiger partial charge in [-0.1, -0.05) is 26.8 Å². The summed E-state index contributed by atoms with van der Waals surface area (Å²) in [6.45, 7) is 6.55. The Morgan fingerprint density at radius 3 is 2.44 bits per heavy atom. The monoisotopic (exact) mass is 332 g/mol. The first-order valence-electron chi connectivity index (χ1n) is 5.20. The van der Waals surface area contributed by atoms with E-state index in [4.69, 9.17) is 4.74 Å². The Bertz CT molecular complexity index is 391. The molecule has 0 aliphatic heterocycles. The predicted octanol–water partition coefficient (Wildman–Crippen LogP) is 3.86. The minimum absolute atomic E-state index is 0.0187. The molecule has 88 valence electrons. The van der Waals surface area contributed by atoms with Crippen molar-refractivity contribution >= 4 is 26.4 Å². The van der Waals surface area contributed by atoms with Crippen molar-refractivity contribution in [1.29, 1.82) is 0 Å². The summed E-state index contributed by atoms with van der Waals surface area (Å²) in [4.78, 5) is 11.4. The Balaban J connectivity index is 3.07. The van der Waals surface area contributed by atoms with E-state index in [9.17, 15) is 4.79 Å². The van der Waals surface area contributed by atoms with Crippen LogP contribution in [0.5, 0.6) is 5.75 Å². The number of benzene rings is 1. The summed E-state index contributed by atoms with van der Waals surface area (Å²) in [6, 6.07) is 5.82. The van der Waals surface area contributed by atoms with Crippen LogP contribution in [0.4, 0.5) is 0 Å². The molecule has 0 aliphatic carbocycles. The Kier molecular flexibility index (Phi) is 4.35. The molecule has 0 aromatic heterocycles. The number of rotatable bonds is 3. The van der Waals surface area contributed by atoms with Crippen LogP contribution in [0.1, 0.15) is 36.7 Å². The lowest BCUT2D eigenvalue weighted by molar-refractivity contribution is 0.110. The van der Waals surface area contributed by atoms with Gasteiger partial charge in [0.25, 0.3) is 0 Å². The van der Waals surface area contributed by atoms with Crippen molar-refractivity contribution in [3.05, 3.63) is 29.3 Å². The number of halogens is 1. The summed E-state index contributed by atoms with van der Waals surface area (Å²) in [6.07, 6.45) is 0.952. The zero-order chi connectivity index (χ0) is 12.3. The van der Waals surface area contributed by atoms with Gasteiger partial charge in [0.15, 0.2) is 0 Å². The zero-order valence-electron chi connectivity index (χ0n) is 10.1. The molecule has 1 rings (SSSR count). The second-order valence-electron chi connectivity index (χ2n) is 5.05. The number of carbonyl (C=O) groups excluding carboxylic acids is 1. The molecule has 0 spiro atoms. The van der Waals surface area contributed by atoms with Gasteiger partial charge < -0.3 is 4.74 Å². The van der Waals surface area contributed by atoms with Crippen molar-refractivity contribution in [2.45, 2.75) is 27.2 Å². The molecular weight excluding hydrogens is 315 g/mol. The lowest BCUT2D eigenvalue weighted by Crippen LogP contribution is -2.09. The van der Waals surface area contributed by atoms with E-state index in [1.807, 2.05) is 18.2 Å². The smallest absolute Gasteiger partial charge is 0.226 e. The Labute approximate surface area is 111 Å². The number of hydrogen-bond acceptors (Lipinski definition) is 2. The van der Waals surface area contributed by atoms with Gasteiger partial charge in [-0.2, -0.15) is 0 Å². The van der Waals surface area contributed by atoms with Crippen LogP contribution >= 0.6 is 22.6 Å². The summed E-state index contributed by atoms with van der Waals surface area (Å²) in [5.41, 5.74) is 2.05. The fraction of sp³-hybridized carbons (Fsp3) is 0.462. The maximum absolute atomic E-state index is 11.4. The standard InChI is InChI=1S/C13H17IO2/c1-13(2,3)8-9-5-6-11(16-4)10(7-9)12(14)15/h5-7H,8H2,1-4H3. The molecule has 0 saturated carbocycles. The third kappa shape index (κ3) is 3.77. The normalized spacial score (nSPS) is 11.3. The van der Waals surface area contributed by atoms with Crippen LogP contribution in [0.3, 0.4) is 0 Å². The fourth-order valence-electron chi connectivity index (χ4n) is 1.63. The molecule has 0 saturated heterocycles. The molecule has 1 aromatic carbocycles. The second-order valence-corrected chi connectivity index (χ2v) is 6.03. The fourth-order valence-corrected chi connectivity index (χ4v) is 2.05. The van der Waals surface area contributed by atoms with E-state index in [0.717, 1.165) is 6.42 Å². The summed E-state index contributed by atoms with van der Waals surface area (Å²) in [5.74, 6) is 0.650. The highest BCUT2D eigenvalue weighted by Crippen LogP contribution is 2.26. The molecule has 0 radical (unpaired) electrons. The maximum Gasteiger partial charge on any atom is 0.226 e. The Morgan fingerprint density at radius 2 is 2.00 bits per heavy atom. The van der Waals surface area contributed by atoms with Crippen molar-refractivity contribution in [3.8, 4) is 5.75 Å². The van der Waals surface area contributed by atoms with E-state index in [0.29, 0.717) is 11.3 Å². The first-order chi connectivity index (χ1) is 7.33. The molecular formula is C13H17IO2. The van der Waals surface area contributed by atoms with Crippen molar-refractivity contribution in [1.82, 2.24) is 0 Å². The van der Waals surface area contributed by atoms with E-state index in [-0.39, 0.29) is 9.20 Å². The number of hydrogen-bond donors (Lipinski definition) is 0. The van der Waals surface area contributed by atoms with Crippen LogP contribution in [0.2, 0.25) is 0 Å². The molecule has 0 amide bonds. The predicted molar refractivity (Wildman–Crippen MR) is 74.5 cm³/mol. The van der Waals surface area contributed by atoms with Crippen LogP contribution in [0.25, 0.3) is 0 Å². The van der Waals surface area contributed by atoms with Crippen molar-refractivity contribution < 1.29 is 9.53 Å². The van der Waals surface area contributed by atoms with Crippen LogP contribution in [-0.4, -0.2) is 10.9 Å². The number of ether oxygens (including phenoxy) is 1. The SMILES string of the molecule is COc1ccc(CC(C)(C)C)cc1C(=O)I. The Morgan fingerprint density at radius 1 is 1.38 bits per heavy atom. The van der Waals surface area contributed by atoms with Crippen LogP contribution in [0, 0.1) is 5.41 Å². The topological polar surface area (TPSA) is 26.3 Å². The third-order valence-electron chi connectivity index (χ3n) is 2.21. The molecule has 0 N–H and O–H groups in total. The highest BCUT2D eigenvalue weighted by Gasteiger charge is 2.15. The Hall–Kier alpha value is -0.580. The third-order valence-corrected chi connectivity index (χ3v) is 2.79. The molecule has 16 heavy (non-hydrogen) atoms. The minimum atomic E-state index is 0.0187. The van der Waals surface area contributed by atoms with Gasteiger partial charge in [0.05, 0.1) is 12.7 Å². The molecule has 2 nitrogen and oxygen atoms in total. The number of carbonyl (C=O) groups is 1. The lowest BCUT2D eigenvalue weighted by atomic mass is 9.87. The average Bonchev–Trinajstić information content (AvgIpc) is 2.15. The largest absolute Gasteiger partial charge is 0.496 e. The van der Waals surface area contributed by atoms with Gasteiger partial charge in [0.1, 0.15) is 5.75 Å². The highest BCUT2D eigenvalue weighted by molar-refractivity contribution is 14.1.